The maximum atomic E-state index is 2.48. The maximum absolute atomic E-state index is 2.48. The first kappa shape index (κ1) is 2.91. The summed E-state index contributed by atoms with van der Waals surface area (Å²) < 4.78 is 0. The summed E-state index contributed by atoms with van der Waals surface area (Å²) in [4.78, 5) is 0. The average molecular weight is 92.1 g/mol. The Bertz CT molecular complexity index is 149. The summed E-state index contributed by atoms with van der Waals surface area (Å²) in [5.74, 6) is 3.28. The van der Waals surface area contributed by atoms with Crippen LogP contribution in [0.25, 0.3) is 0 Å². The highest BCUT2D eigenvalue weighted by atomic mass is 14.6. The number of hydrogen-bond acceptors (Lipinski definition) is 0. The van der Waals surface area contributed by atoms with Crippen LogP contribution in [0, 0.1) is 17.8 Å². The zero-order valence-electron chi connectivity index (χ0n) is 4.22. The second kappa shape index (κ2) is 0.594. The fourth-order valence-corrected chi connectivity index (χ4v) is 2.44. The van der Waals surface area contributed by atoms with Crippen LogP contribution in [0.2, 0.25) is 0 Å². The maximum Gasteiger partial charge on any atom is -0.0131 e. The predicted molar refractivity (Wildman–Crippen MR) is 27.8 cm³/mol. The van der Waals surface area contributed by atoms with Gasteiger partial charge in [-0.25, -0.2) is 0 Å². The lowest BCUT2D eigenvalue weighted by molar-refractivity contribution is 0.375. The summed E-state index contributed by atoms with van der Waals surface area (Å²) in [5.41, 5.74) is 1.82. The van der Waals surface area contributed by atoms with Crippen molar-refractivity contribution in [2.45, 2.75) is 12.8 Å². The van der Waals surface area contributed by atoms with E-state index >= 15 is 0 Å². The first-order chi connectivity index (χ1) is 3.45. The van der Waals surface area contributed by atoms with E-state index in [9.17, 15) is 0 Å². The molecular formula is C7H8. The molecule has 5 aliphatic rings. The highest BCUT2D eigenvalue weighted by Crippen LogP contribution is 2.64. The molecule has 0 heterocycles. The molecule has 3 fully saturated rings. The smallest absolute Gasteiger partial charge is 0.0131 e. The fourth-order valence-electron chi connectivity index (χ4n) is 2.44. The number of allylic oxidation sites excluding steroid dienone is 2. The fraction of sp³-hybridized carbons (Fsp3) is 0.714. The Morgan fingerprint density at radius 3 is 2.57 bits per heavy atom. The molecule has 36 valence electrons. The molecule has 0 amide bonds. The Kier molecular flexibility index (Phi) is 0.247. The molecule has 3 saturated carbocycles. The summed E-state index contributed by atoms with van der Waals surface area (Å²) in [7, 11) is 0. The van der Waals surface area contributed by atoms with Crippen LogP contribution in [-0.4, -0.2) is 0 Å². The zero-order chi connectivity index (χ0) is 4.43. The zero-order valence-corrected chi connectivity index (χ0v) is 4.22. The van der Waals surface area contributed by atoms with Gasteiger partial charge in [-0.05, 0) is 30.6 Å². The third-order valence-electron chi connectivity index (χ3n) is 2.92. The minimum Gasteiger partial charge on any atom is -0.0810 e. The van der Waals surface area contributed by atoms with E-state index < -0.39 is 0 Å². The van der Waals surface area contributed by atoms with Gasteiger partial charge in [0.1, 0.15) is 0 Å². The van der Waals surface area contributed by atoms with E-state index in [-0.39, 0.29) is 0 Å². The lowest BCUT2D eigenvalue weighted by Gasteiger charge is -2.36. The van der Waals surface area contributed by atoms with Gasteiger partial charge in [0.2, 0.25) is 0 Å². The molecule has 0 saturated heterocycles. The van der Waals surface area contributed by atoms with Gasteiger partial charge in [0.25, 0.3) is 0 Å². The van der Waals surface area contributed by atoms with Crippen molar-refractivity contribution in [2.75, 3.05) is 0 Å². The minimum absolute atomic E-state index is 1.07. The van der Waals surface area contributed by atoms with E-state index in [1.54, 1.807) is 6.42 Å². The van der Waals surface area contributed by atoms with Gasteiger partial charge in [0.15, 0.2) is 0 Å². The summed E-state index contributed by atoms with van der Waals surface area (Å²) in [6, 6.07) is 0. The topological polar surface area (TPSA) is 0 Å². The molecule has 0 N–H and O–H groups in total. The van der Waals surface area contributed by atoms with Crippen molar-refractivity contribution in [3.05, 3.63) is 11.6 Å². The Morgan fingerprint density at radius 1 is 1.43 bits per heavy atom. The monoisotopic (exact) mass is 92.1 g/mol. The SMILES string of the molecule is C1=C2C3CC1[C@H]2C3. The lowest BCUT2D eigenvalue weighted by Crippen LogP contribution is -2.25. The molecule has 5 aliphatic carbocycles. The molecule has 5 rings (SSSR count). The molecule has 0 aromatic heterocycles. The summed E-state index contributed by atoms with van der Waals surface area (Å²) in [6.07, 6.45) is 5.56. The van der Waals surface area contributed by atoms with Crippen molar-refractivity contribution < 1.29 is 0 Å². The Hall–Kier alpha value is -0.260. The van der Waals surface area contributed by atoms with Gasteiger partial charge in [-0.1, -0.05) is 11.6 Å². The van der Waals surface area contributed by atoms with Gasteiger partial charge in [0, 0.05) is 0 Å². The normalized spacial score (nSPS) is 60.6. The number of rotatable bonds is 0. The predicted octanol–water partition coefficient (Wildman–Crippen LogP) is 1.58. The molecule has 0 aromatic carbocycles. The first-order valence-corrected chi connectivity index (χ1v) is 3.17. The van der Waals surface area contributed by atoms with Crippen LogP contribution in [-0.2, 0) is 0 Å². The van der Waals surface area contributed by atoms with Crippen LogP contribution in [0.15, 0.2) is 11.6 Å². The molecule has 4 bridgehead atoms. The van der Waals surface area contributed by atoms with Crippen molar-refractivity contribution in [3.63, 3.8) is 0 Å². The highest BCUT2D eigenvalue weighted by molar-refractivity contribution is 5.39. The van der Waals surface area contributed by atoms with E-state index in [1.165, 1.54) is 6.42 Å². The van der Waals surface area contributed by atoms with Crippen LogP contribution >= 0.6 is 0 Å². The lowest BCUT2D eigenvalue weighted by atomic mass is 9.69. The molecule has 0 spiro atoms. The first-order valence-electron chi connectivity index (χ1n) is 3.17. The van der Waals surface area contributed by atoms with Crippen molar-refractivity contribution in [3.8, 4) is 0 Å². The molecule has 3 atom stereocenters. The summed E-state index contributed by atoms with van der Waals surface area (Å²) in [5, 5.41) is 0. The van der Waals surface area contributed by atoms with E-state index in [2.05, 4.69) is 6.08 Å². The van der Waals surface area contributed by atoms with Crippen LogP contribution in [0.3, 0.4) is 0 Å². The Morgan fingerprint density at radius 2 is 2.43 bits per heavy atom. The van der Waals surface area contributed by atoms with E-state index in [1.807, 2.05) is 5.57 Å². The van der Waals surface area contributed by atoms with Crippen molar-refractivity contribution in [2.24, 2.45) is 17.8 Å². The van der Waals surface area contributed by atoms with Crippen molar-refractivity contribution in [1.29, 1.82) is 0 Å². The molecule has 0 heteroatoms. The van der Waals surface area contributed by atoms with Gasteiger partial charge < -0.3 is 0 Å². The third-order valence-corrected chi connectivity index (χ3v) is 2.92. The molecule has 7 heavy (non-hydrogen) atoms. The minimum atomic E-state index is 1.07. The van der Waals surface area contributed by atoms with E-state index in [4.69, 9.17) is 0 Å². The standard InChI is InChI=1S/C7H8/c1-4-2-6-5(1)3-7(4)6/h2,4-5,7H,1,3H2/t4?,5?,7-/m1/s1. The Labute approximate surface area is 43.2 Å². The summed E-state index contributed by atoms with van der Waals surface area (Å²) in [6.45, 7) is 0. The van der Waals surface area contributed by atoms with Gasteiger partial charge >= 0.3 is 0 Å². The van der Waals surface area contributed by atoms with Crippen molar-refractivity contribution >= 4 is 0 Å². The Balaban J connectivity index is 2.30. The molecule has 0 aromatic rings. The van der Waals surface area contributed by atoms with Gasteiger partial charge in [0.05, 0.1) is 0 Å². The van der Waals surface area contributed by atoms with Crippen LogP contribution in [0.4, 0.5) is 0 Å². The van der Waals surface area contributed by atoms with Gasteiger partial charge in [-0.3, -0.25) is 0 Å². The highest BCUT2D eigenvalue weighted by Gasteiger charge is 2.54. The molecular weight excluding hydrogens is 84.1 g/mol. The van der Waals surface area contributed by atoms with Crippen molar-refractivity contribution in [1.82, 2.24) is 0 Å². The van der Waals surface area contributed by atoms with E-state index in [0.717, 1.165) is 17.8 Å². The average Bonchev–Trinajstić information content (AvgIpc) is 2.14. The second-order valence-electron chi connectivity index (χ2n) is 3.11. The van der Waals surface area contributed by atoms with Gasteiger partial charge in [-0.15, -0.1) is 0 Å². The van der Waals surface area contributed by atoms with Crippen LogP contribution < -0.4 is 0 Å². The second-order valence-corrected chi connectivity index (χ2v) is 3.11. The van der Waals surface area contributed by atoms with E-state index in [0.29, 0.717) is 0 Å². The largest absolute Gasteiger partial charge is 0.0810 e. The molecule has 2 unspecified atom stereocenters. The van der Waals surface area contributed by atoms with Crippen LogP contribution in [0.1, 0.15) is 12.8 Å². The number of hydrogen-bond donors (Lipinski definition) is 0. The third kappa shape index (κ3) is 0.142. The van der Waals surface area contributed by atoms with Gasteiger partial charge in [-0.2, -0.15) is 0 Å². The summed E-state index contributed by atoms with van der Waals surface area (Å²) >= 11 is 0. The molecule has 0 nitrogen and oxygen atoms in total. The molecule has 0 radical (unpaired) electrons. The van der Waals surface area contributed by atoms with Crippen LogP contribution in [0.5, 0.6) is 0 Å². The molecule has 0 aliphatic heterocycles. The quantitative estimate of drug-likeness (QED) is 0.398.